The Kier molecular flexibility index (Phi) is 8.36. The summed E-state index contributed by atoms with van der Waals surface area (Å²) in [6, 6.07) is 12.7. The lowest BCUT2D eigenvalue weighted by atomic mass is 10.1. The normalized spacial score (nSPS) is 11.9. The molecule has 152 valence electrons. The second kappa shape index (κ2) is 10.7. The van der Waals surface area contributed by atoms with Crippen molar-refractivity contribution in [3.63, 3.8) is 0 Å². The highest BCUT2D eigenvalue weighted by atomic mass is 19.4. The maximum absolute atomic E-state index is 12.5. The zero-order valence-electron chi connectivity index (χ0n) is 16.2. The average molecular weight is 393 g/mol. The smallest absolute Gasteiger partial charge is 0.416 e. The molecular weight excluding hydrogens is 367 g/mol. The van der Waals surface area contributed by atoms with Crippen molar-refractivity contribution >= 4 is 6.21 Å². The van der Waals surface area contributed by atoms with Crippen molar-refractivity contribution in [2.75, 3.05) is 6.61 Å². The van der Waals surface area contributed by atoms with Gasteiger partial charge in [-0.2, -0.15) is 13.2 Å². The van der Waals surface area contributed by atoms with Crippen LogP contribution in [0.5, 0.6) is 5.75 Å². The summed E-state index contributed by atoms with van der Waals surface area (Å²) in [5.74, 6) is 1.54. The van der Waals surface area contributed by atoms with E-state index in [9.17, 15) is 13.2 Å². The molecule has 2 rings (SSSR count). The maximum Gasteiger partial charge on any atom is 0.416 e. The van der Waals surface area contributed by atoms with Crippen LogP contribution < -0.4 is 4.74 Å². The van der Waals surface area contributed by atoms with Crippen molar-refractivity contribution in [2.24, 2.45) is 11.1 Å². The van der Waals surface area contributed by atoms with Crippen molar-refractivity contribution in [3.8, 4) is 5.75 Å². The third-order valence-corrected chi connectivity index (χ3v) is 4.11. The minimum Gasteiger partial charge on any atom is -0.494 e. The van der Waals surface area contributed by atoms with Gasteiger partial charge in [-0.1, -0.05) is 43.3 Å². The highest BCUT2D eigenvalue weighted by molar-refractivity contribution is 5.60. The Labute approximate surface area is 164 Å². The van der Waals surface area contributed by atoms with E-state index in [1.165, 1.54) is 12.1 Å². The van der Waals surface area contributed by atoms with E-state index in [1.807, 2.05) is 24.3 Å². The van der Waals surface area contributed by atoms with Gasteiger partial charge in [-0.25, -0.2) is 0 Å². The van der Waals surface area contributed by atoms with Crippen LogP contribution in [0.2, 0.25) is 0 Å². The van der Waals surface area contributed by atoms with E-state index < -0.39 is 11.7 Å². The molecule has 0 aromatic heterocycles. The summed E-state index contributed by atoms with van der Waals surface area (Å²) in [4.78, 5) is 5.14. The molecule has 0 unspecified atom stereocenters. The summed E-state index contributed by atoms with van der Waals surface area (Å²) in [6.07, 6.45) is 0.0960. The van der Waals surface area contributed by atoms with Crippen molar-refractivity contribution in [2.45, 2.75) is 45.9 Å². The molecule has 0 aliphatic carbocycles. The number of hydrogen-bond acceptors (Lipinski definition) is 3. The number of halogens is 3. The van der Waals surface area contributed by atoms with Gasteiger partial charge in [-0.3, -0.25) is 0 Å². The van der Waals surface area contributed by atoms with Crippen LogP contribution in [0, 0.1) is 5.92 Å². The van der Waals surface area contributed by atoms with E-state index in [1.54, 1.807) is 6.21 Å². The molecule has 6 heteroatoms. The van der Waals surface area contributed by atoms with Gasteiger partial charge in [0.25, 0.3) is 0 Å². The first kappa shape index (κ1) is 21.8. The monoisotopic (exact) mass is 393 g/mol. The lowest BCUT2D eigenvalue weighted by Crippen LogP contribution is -2.04. The lowest BCUT2D eigenvalue weighted by molar-refractivity contribution is -0.137. The highest BCUT2D eigenvalue weighted by Gasteiger charge is 2.29. The lowest BCUT2D eigenvalue weighted by Gasteiger charge is -2.08. The Morgan fingerprint density at radius 1 is 0.964 bits per heavy atom. The van der Waals surface area contributed by atoms with E-state index in [4.69, 9.17) is 9.57 Å². The van der Waals surface area contributed by atoms with Gasteiger partial charge in [-0.15, -0.1) is 0 Å². The molecule has 0 radical (unpaired) electrons. The van der Waals surface area contributed by atoms with Gasteiger partial charge in [0, 0.05) is 12.6 Å². The van der Waals surface area contributed by atoms with Gasteiger partial charge >= 0.3 is 6.18 Å². The van der Waals surface area contributed by atoms with Crippen LogP contribution in [0.1, 0.15) is 43.4 Å². The number of ether oxygens (including phenoxy) is 1. The molecule has 0 bridgehead atoms. The summed E-state index contributed by atoms with van der Waals surface area (Å²) < 4.78 is 43.2. The fourth-order valence-electron chi connectivity index (χ4n) is 2.50. The molecule has 0 atom stereocenters. The third kappa shape index (κ3) is 8.03. The van der Waals surface area contributed by atoms with Crippen molar-refractivity contribution in [3.05, 3.63) is 65.2 Å². The van der Waals surface area contributed by atoms with E-state index in [-0.39, 0.29) is 6.61 Å². The number of benzene rings is 2. The Morgan fingerprint density at radius 2 is 1.61 bits per heavy atom. The molecule has 0 spiro atoms. The molecule has 0 amide bonds. The van der Waals surface area contributed by atoms with Gasteiger partial charge in [0.1, 0.15) is 12.4 Å². The SMILES string of the molecule is CC(C)CCCOc1ccc(CC=NOCc2ccc(C(F)(F)F)cc2)cc1. The Morgan fingerprint density at radius 3 is 2.21 bits per heavy atom. The number of rotatable bonds is 10. The molecule has 0 aliphatic heterocycles. The molecule has 3 nitrogen and oxygen atoms in total. The summed E-state index contributed by atoms with van der Waals surface area (Å²) in [5, 5.41) is 3.85. The first-order chi connectivity index (χ1) is 13.3. The molecule has 0 aliphatic rings. The zero-order chi connectivity index (χ0) is 20.4. The number of oxime groups is 1. The Balaban J connectivity index is 1.68. The minimum absolute atomic E-state index is 0.123. The molecule has 0 heterocycles. The van der Waals surface area contributed by atoms with Gasteiger partial charge in [0.05, 0.1) is 12.2 Å². The van der Waals surface area contributed by atoms with Crippen molar-refractivity contribution in [1.29, 1.82) is 0 Å². The molecule has 2 aromatic carbocycles. The van der Waals surface area contributed by atoms with Gasteiger partial charge in [0.15, 0.2) is 0 Å². The molecule has 0 N–H and O–H groups in total. The summed E-state index contributed by atoms with van der Waals surface area (Å²) in [5.41, 5.74) is 1.02. The molecule has 0 saturated heterocycles. The fourth-order valence-corrected chi connectivity index (χ4v) is 2.50. The Hall–Kier alpha value is -2.50. The number of alkyl halides is 3. The zero-order valence-corrected chi connectivity index (χ0v) is 16.2. The fraction of sp³-hybridized carbons (Fsp3) is 0.409. The van der Waals surface area contributed by atoms with Gasteiger partial charge < -0.3 is 9.57 Å². The maximum atomic E-state index is 12.5. The predicted octanol–water partition coefficient (Wildman–Crippen LogP) is 6.27. The van der Waals surface area contributed by atoms with Gasteiger partial charge in [-0.05, 0) is 54.2 Å². The number of hydrogen-bond donors (Lipinski definition) is 0. The van der Waals surface area contributed by atoms with Crippen LogP contribution in [0.3, 0.4) is 0 Å². The van der Waals surface area contributed by atoms with Crippen molar-refractivity contribution < 1.29 is 22.7 Å². The minimum atomic E-state index is -4.33. The summed E-state index contributed by atoms with van der Waals surface area (Å²) in [7, 11) is 0. The molecular formula is C22H26F3NO2. The molecule has 2 aromatic rings. The van der Waals surface area contributed by atoms with Crippen LogP contribution in [0.25, 0.3) is 0 Å². The summed E-state index contributed by atoms with van der Waals surface area (Å²) in [6.45, 7) is 5.24. The van der Waals surface area contributed by atoms with Crippen LogP contribution >= 0.6 is 0 Å². The van der Waals surface area contributed by atoms with Crippen LogP contribution in [-0.2, 0) is 24.0 Å². The van der Waals surface area contributed by atoms with E-state index in [0.717, 1.165) is 42.9 Å². The van der Waals surface area contributed by atoms with E-state index in [2.05, 4.69) is 19.0 Å². The average Bonchev–Trinajstić information content (AvgIpc) is 2.65. The standard InChI is InChI=1S/C22H26F3NO2/c1-17(2)4-3-15-27-21-11-7-18(8-12-21)13-14-26-28-16-19-5-9-20(10-6-19)22(23,24)25/h5-12,14,17H,3-4,13,15-16H2,1-2H3. The largest absolute Gasteiger partial charge is 0.494 e. The van der Waals surface area contributed by atoms with Crippen LogP contribution in [-0.4, -0.2) is 12.8 Å². The quantitative estimate of drug-likeness (QED) is 0.271. The van der Waals surface area contributed by atoms with Crippen LogP contribution in [0.4, 0.5) is 13.2 Å². The first-order valence-corrected chi connectivity index (χ1v) is 9.36. The third-order valence-electron chi connectivity index (χ3n) is 4.11. The topological polar surface area (TPSA) is 30.8 Å². The second-order valence-corrected chi connectivity index (χ2v) is 6.99. The van der Waals surface area contributed by atoms with Crippen molar-refractivity contribution in [1.82, 2.24) is 0 Å². The summed E-state index contributed by atoms with van der Waals surface area (Å²) >= 11 is 0. The highest BCUT2D eigenvalue weighted by Crippen LogP contribution is 2.29. The molecule has 0 saturated carbocycles. The van der Waals surface area contributed by atoms with Gasteiger partial charge in [0.2, 0.25) is 0 Å². The number of nitrogens with zero attached hydrogens (tertiary/aromatic N) is 1. The predicted molar refractivity (Wildman–Crippen MR) is 104 cm³/mol. The van der Waals surface area contributed by atoms with E-state index in [0.29, 0.717) is 17.9 Å². The Bertz CT molecular complexity index is 723. The van der Waals surface area contributed by atoms with E-state index >= 15 is 0 Å². The molecule has 0 fully saturated rings. The van der Waals surface area contributed by atoms with Crippen LogP contribution in [0.15, 0.2) is 53.7 Å². The second-order valence-electron chi connectivity index (χ2n) is 6.99. The molecule has 28 heavy (non-hydrogen) atoms. The first-order valence-electron chi connectivity index (χ1n) is 9.36.